The molecular formula is C12H15N3O2. The third-order valence-electron chi connectivity index (χ3n) is 2.58. The molecule has 2 rings (SSSR count). The molecule has 5 nitrogen and oxygen atoms in total. The average molecular weight is 233 g/mol. The number of benzene rings is 1. The lowest BCUT2D eigenvalue weighted by Gasteiger charge is -2.09. The zero-order valence-electron chi connectivity index (χ0n) is 9.68. The minimum absolute atomic E-state index is 0.103. The Morgan fingerprint density at radius 1 is 1.35 bits per heavy atom. The molecule has 0 aliphatic rings. The smallest absolute Gasteiger partial charge is 0.274 e. The summed E-state index contributed by atoms with van der Waals surface area (Å²) in [5.74, 6) is 0.677. The summed E-state index contributed by atoms with van der Waals surface area (Å²) in [5.41, 5.74) is -0.103. The highest BCUT2D eigenvalue weighted by molar-refractivity contribution is 5.90. The highest BCUT2D eigenvalue weighted by Gasteiger charge is 2.07. The lowest BCUT2D eigenvalue weighted by atomic mass is 10.2. The van der Waals surface area contributed by atoms with E-state index in [1.807, 2.05) is 18.2 Å². The van der Waals surface area contributed by atoms with E-state index in [1.165, 1.54) is 4.68 Å². The third-order valence-corrected chi connectivity index (χ3v) is 2.58. The van der Waals surface area contributed by atoms with Gasteiger partial charge in [-0.2, -0.15) is 5.10 Å². The first kappa shape index (κ1) is 11.6. The van der Waals surface area contributed by atoms with Crippen LogP contribution in [0.4, 0.5) is 5.82 Å². The van der Waals surface area contributed by atoms with Gasteiger partial charge in [-0.05, 0) is 12.5 Å². The van der Waals surface area contributed by atoms with E-state index in [0.29, 0.717) is 24.2 Å². The van der Waals surface area contributed by atoms with Crippen LogP contribution in [0.15, 0.2) is 29.1 Å². The van der Waals surface area contributed by atoms with E-state index in [1.54, 1.807) is 13.1 Å². The van der Waals surface area contributed by atoms with E-state index >= 15 is 0 Å². The molecule has 1 aromatic carbocycles. The van der Waals surface area contributed by atoms with Crippen LogP contribution in [0.3, 0.4) is 0 Å². The standard InChI is InChI=1S/C12H15N3O2/c1-15-12(17)10-6-3-2-5-9(10)11(14-15)13-7-4-8-16/h2-3,5-6,16H,4,7-8H2,1H3,(H,13,14). The van der Waals surface area contributed by atoms with Crippen LogP contribution in [-0.4, -0.2) is 28.0 Å². The van der Waals surface area contributed by atoms with Gasteiger partial charge in [0, 0.05) is 25.6 Å². The Morgan fingerprint density at radius 3 is 2.76 bits per heavy atom. The topological polar surface area (TPSA) is 67.2 Å². The highest BCUT2D eigenvalue weighted by atomic mass is 16.3. The van der Waals surface area contributed by atoms with Gasteiger partial charge in [0.05, 0.1) is 5.39 Å². The maximum absolute atomic E-state index is 11.8. The van der Waals surface area contributed by atoms with Crippen molar-refractivity contribution in [3.05, 3.63) is 34.6 Å². The molecule has 0 aliphatic heterocycles. The van der Waals surface area contributed by atoms with Crippen LogP contribution in [0.25, 0.3) is 10.8 Å². The molecule has 0 bridgehead atoms. The second-order valence-corrected chi connectivity index (χ2v) is 3.83. The van der Waals surface area contributed by atoms with Crippen molar-refractivity contribution < 1.29 is 5.11 Å². The van der Waals surface area contributed by atoms with Crippen LogP contribution in [0, 0.1) is 0 Å². The Hall–Kier alpha value is -1.88. The number of aliphatic hydroxyl groups is 1. The number of rotatable bonds is 4. The fraction of sp³-hybridized carbons (Fsp3) is 0.333. The monoisotopic (exact) mass is 233 g/mol. The molecule has 0 saturated carbocycles. The summed E-state index contributed by atoms with van der Waals surface area (Å²) in [6, 6.07) is 7.36. The van der Waals surface area contributed by atoms with E-state index in [4.69, 9.17) is 5.11 Å². The second kappa shape index (κ2) is 4.97. The van der Waals surface area contributed by atoms with Crippen molar-refractivity contribution in [1.82, 2.24) is 9.78 Å². The maximum atomic E-state index is 11.8. The van der Waals surface area contributed by atoms with Crippen molar-refractivity contribution in [3.63, 3.8) is 0 Å². The van der Waals surface area contributed by atoms with Crippen LogP contribution in [0.2, 0.25) is 0 Å². The fourth-order valence-corrected chi connectivity index (χ4v) is 1.72. The van der Waals surface area contributed by atoms with Crippen LogP contribution in [0.1, 0.15) is 6.42 Å². The van der Waals surface area contributed by atoms with E-state index in [-0.39, 0.29) is 12.2 Å². The van der Waals surface area contributed by atoms with Crippen molar-refractivity contribution in [1.29, 1.82) is 0 Å². The molecule has 0 fully saturated rings. The molecule has 1 heterocycles. The van der Waals surface area contributed by atoms with Crippen molar-refractivity contribution in [3.8, 4) is 0 Å². The maximum Gasteiger partial charge on any atom is 0.274 e. The summed E-state index contributed by atoms with van der Waals surface area (Å²) in [7, 11) is 1.63. The van der Waals surface area contributed by atoms with E-state index in [0.717, 1.165) is 5.39 Å². The first-order valence-electron chi connectivity index (χ1n) is 5.55. The molecule has 0 radical (unpaired) electrons. The van der Waals surface area contributed by atoms with Gasteiger partial charge in [-0.15, -0.1) is 0 Å². The van der Waals surface area contributed by atoms with E-state index in [2.05, 4.69) is 10.4 Å². The molecule has 1 aromatic heterocycles. The fourth-order valence-electron chi connectivity index (χ4n) is 1.72. The molecule has 0 unspecified atom stereocenters. The Labute approximate surface area is 98.7 Å². The van der Waals surface area contributed by atoms with Gasteiger partial charge < -0.3 is 10.4 Å². The summed E-state index contributed by atoms with van der Waals surface area (Å²) in [6.07, 6.45) is 0.652. The summed E-state index contributed by atoms with van der Waals surface area (Å²) in [5, 5.41) is 17.5. The Morgan fingerprint density at radius 2 is 2.06 bits per heavy atom. The molecule has 2 N–H and O–H groups in total. The van der Waals surface area contributed by atoms with E-state index < -0.39 is 0 Å². The zero-order valence-corrected chi connectivity index (χ0v) is 9.68. The largest absolute Gasteiger partial charge is 0.396 e. The van der Waals surface area contributed by atoms with Gasteiger partial charge in [-0.25, -0.2) is 4.68 Å². The lowest BCUT2D eigenvalue weighted by Crippen LogP contribution is -2.21. The summed E-state index contributed by atoms with van der Waals surface area (Å²) in [4.78, 5) is 11.8. The van der Waals surface area contributed by atoms with Crippen molar-refractivity contribution >= 4 is 16.6 Å². The van der Waals surface area contributed by atoms with Gasteiger partial charge >= 0.3 is 0 Å². The van der Waals surface area contributed by atoms with Gasteiger partial charge in [-0.1, -0.05) is 18.2 Å². The normalized spacial score (nSPS) is 10.7. The highest BCUT2D eigenvalue weighted by Crippen LogP contribution is 2.17. The molecule has 90 valence electrons. The number of nitrogens with one attached hydrogen (secondary N) is 1. The number of aromatic nitrogens is 2. The predicted octanol–water partition coefficient (Wildman–Crippen LogP) is 0.728. The molecular weight excluding hydrogens is 218 g/mol. The molecule has 0 spiro atoms. The Balaban J connectivity index is 2.48. The Bertz CT molecular complexity index is 577. The molecule has 2 aromatic rings. The molecule has 0 aliphatic carbocycles. The van der Waals surface area contributed by atoms with Gasteiger partial charge in [0.25, 0.3) is 5.56 Å². The summed E-state index contributed by atoms with van der Waals surface area (Å²) >= 11 is 0. The average Bonchev–Trinajstić information content (AvgIpc) is 2.36. The minimum atomic E-state index is -0.103. The van der Waals surface area contributed by atoms with Gasteiger partial charge in [0.1, 0.15) is 0 Å². The number of aliphatic hydroxyl groups excluding tert-OH is 1. The van der Waals surface area contributed by atoms with Crippen molar-refractivity contribution in [2.75, 3.05) is 18.5 Å². The predicted molar refractivity (Wildman–Crippen MR) is 67.2 cm³/mol. The molecule has 0 saturated heterocycles. The SMILES string of the molecule is Cn1nc(NCCCO)c2ccccc2c1=O. The number of nitrogens with zero attached hydrogens (tertiary/aromatic N) is 2. The number of fused-ring (bicyclic) bond motifs is 1. The quantitative estimate of drug-likeness (QED) is 0.764. The van der Waals surface area contributed by atoms with Crippen LogP contribution >= 0.6 is 0 Å². The second-order valence-electron chi connectivity index (χ2n) is 3.83. The summed E-state index contributed by atoms with van der Waals surface area (Å²) < 4.78 is 1.32. The number of hydrogen-bond donors (Lipinski definition) is 2. The third kappa shape index (κ3) is 2.29. The molecule has 0 amide bonds. The zero-order chi connectivity index (χ0) is 12.3. The molecule has 5 heteroatoms. The minimum Gasteiger partial charge on any atom is -0.396 e. The van der Waals surface area contributed by atoms with Crippen LogP contribution in [0.5, 0.6) is 0 Å². The van der Waals surface area contributed by atoms with Crippen LogP contribution < -0.4 is 10.9 Å². The molecule has 0 atom stereocenters. The Kier molecular flexibility index (Phi) is 3.39. The van der Waals surface area contributed by atoms with E-state index in [9.17, 15) is 4.79 Å². The van der Waals surface area contributed by atoms with Crippen molar-refractivity contribution in [2.24, 2.45) is 7.05 Å². The summed E-state index contributed by atoms with van der Waals surface area (Å²) in [6.45, 7) is 0.766. The number of aryl methyl sites for hydroxylation is 1. The van der Waals surface area contributed by atoms with Gasteiger partial charge in [0.2, 0.25) is 0 Å². The molecule has 17 heavy (non-hydrogen) atoms. The van der Waals surface area contributed by atoms with Crippen molar-refractivity contribution in [2.45, 2.75) is 6.42 Å². The number of hydrogen-bond acceptors (Lipinski definition) is 4. The lowest BCUT2D eigenvalue weighted by molar-refractivity contribution is 0.292. The van der Waals surface area contributed by atoms with Gasteiger partial charge in [0.15, 0.2) is 5.82 Å². The number of anilines is 1. The van der Waals surface area contributed by atoms with Gasteiger partial charge in [-0.3, -0.25) is 4.79 Å². The van der Waals surface area contributed by atoms with Crippen LogP contribution in [-0.2, 0) is 7.05 Å². The first-order chi connectivity index (χ1) is 8.24. The first-order valence-corrected chi connectivity index (χ1v) is 5.55.